The topological polar surface area (TPSA) is 72.7 Å². The highest BCUT2D eigenvalue weighted by atomic mass is 19.1. The number of nitro benzene ring substituents is 1. The zero-order valence-electron chi connectivity index (χ0n) is 12.0. The molecule has 0 aromatic heterocycles. The number of carbonyl (C=O) groups excluding carboxylic acids is 1. The van der Waals surface area contributed by atoms with Crippen LogP contribution >= 0.6 is 0 Å². The van der Waals surface area contributed by atoms with Gasteiger partial charge in [-0.2, -0.15) is 0 Å². The van der Waals surface area contributed by atoms with E-state index >= 15 is 0 Å². The molecule has 1 aromatic rings. The molecule has 0 aliphatic carbocycles. The Bertz CT molecular complexity index is 560. The molecule has 114 valence electrons. The van der Waals surface area contributed by atoms with Crippen LogP contribution in [0.2, 0.25) is 0 Å². The number of hydrogen-bond acceptors (Lipinski definition) is 4. The minimum Gasteiger partial charge on any atom is -0.477 e. The molecule has 1 aromatic carbocycles. The summed E-state index contributed by atoms with van der Waals surface area (Å²) in [5, 5.41) is 10.8. The van der Waals surface area contributed by atoms with E-state index in [1.54, 1.807) is 13.8 Å². The second kappa shape index (κ2) is 7.37. The first kappa shape index (κ1) is 16.6. The van der Waals surface area contributed by atoms with Crippen LogP contribution in [0.1, 0.15) is 13.8 Å². The summed E-state index contributed by atoms with van der Waals surface area (Å²) in [6, 6.07) is 2.85. The largest absolute Gasteiger partial charge is 0.477 e. The number of hydrogen-bond donors (Lipinski definition) is 0. The van der Waals surface area contributed by atoms with Crippen molar-refractivity contribution < 1.29 is 18.8 Å². The van der Waals surface area contributed by atoms with Gasteiger partial charge in [0, 0.05) is 25.2 Å². The Balaban J connectivity index is 2.78. The van der Waals surface area contributed by atoms with Gasteiger partial charge in [0.05, 0.1) is 4.92 Å². The molecule has 0 saturated heterocycles. The molecule has 0 unspecified atom stereocenters. The highest BCUT2D eigenvalue weighted by Crippen LogP contribution is 2.27. The van der Waals surface area contributed by atoms with Crippen molar-refractivity contribution in [3.8, 4) is 5.75 Å². The number of amides is 1. The highest BCUT2D eigenvalue weighted by Gasteiger charge is 2.18. The van der Waals surface area contributed by atoms with Gasteiger partial charge in [-0.1, -0.05) is 12.2 Å². The van der Waals surface area contributed by atoms with Gasteiger partial charge in [0.1, 0.15) is 5.82 Å². The van der Waals surface area contributed by atoms with E-state index in [2.05, 4.69) is 6.58 Å². The van der Waals surface area contributed by atoms with Gasteiger partial charge in [0.15, 0.2) is 6.61 Å². The van der Waals surface area contributed by atoms with Gasteiger partial charge >= 0.3 is 5.69 Å². The number of nitrogens with zero attached hydrogens (tertiary/aromatic N) is 2. The van der Waals surface area contributed by atoms with Gasteiger partial charge in [-0.3, -0.25) is 14.9 Å². The van der Waals surface area contributed by atoms with Crippen molar-refractivity contribution in [2.24, 2.45) is 0 Å². The molecule has 0 aliphatic rings. The van der Waals surface area contributed by atoms with Crippen molar-refractivity contribution in [2.75, 3.05) is 19.7 Å². The van der Waals surface area contributed by atoms with Crippen molar-refractivity contribution in [1.82, 2.24) is 4.90 Å². The molecule has 0 spiro atoms. The Morgan fingerprint density at radius 1 is 1.52 bits per heavy atom. The number of likely N-dealkylation sites (N-methyl/N-ethyl adjacent to an activating group) is 1. The molecule has 1 amide bonds. The monoisotopic (exact) mass is 296 g/mol. The maximum absolute atomic E-state index is 13.1. The molecular formula is C14H17FN2O4. The summed E-state index contributed by atoms with van der Waals surface area (Å²) in [7, 11) is 0. The first-order chi connectivity index (χ1) is 9.85. The average molecular weight is 296 g/mol. The van der Waals surface area contributed by atoms with Gasteiger partial charge in [-0.05, 0) is 19.9 Å². The Hall–Kier alpha value is -2.44. The molecule has 0 radical (unpaired) electrons. The maximum atomic E-state index is 13.1. The molecule has 0 saturated carbocycles. The van der Waals surface area contributed by atoms with E-state index in [1.807, 2.05) is 0 Å². The second-order valence-electron chi connectivity index (χ2n) is 4.52. The van der Waals surface area contributed by atoms with Crippen LogP contribution in [0.15, 0.2) is 30.4 Å². The van der Waals surface area contributed by atoms with Crippen LogP contribution in [-0.2, 0) is 4.79 Å². The number of benzene rings is 1. The Morgan fingerprint density at radius 2 is 2.19 bits per heavy atom. The average Bonchev–Trinajstić information content (AvgIpc) is 2.41. The third kappa shape index (κ3) is 4.87. The van der Waals surface area contributed by atoms with E-state index in [1.165, 1.54) is 4.90 Å². The van der Waals surface area contributed by atoms with E-state index in [0.717, 1.165) is 23.8 Å². The van der Waals surface area contributed by atoms with Crippen molar-refractivity contribution >= 4 is 11.6 Å². The lowest BCUT2D eigenvalue weighted by Gasteiger charge is -2.20. The number of halogens is 1. The van der Waals surface area contributed by atoms with Crippen LogP contribution in [0.3, 0.4) is 0 Å². The minimum atomic E-state index is -0.690. The van der Waals surface area contributed by atoms with Crippen molar-refractivity contribution in [1.29, 1.82) is 0 Å². The number of ether oxygens (including phenoxy) is 1. The lowest BCUT2D eigenvalue weighted by molar-refractivity contribution is -0.385. The molecule has 1 rings (SSSR count). The van der Waals surface area contributed by atoms with Crippen molar-refractivity contribution in [3.05, 3.63) is 46.3 Å². The second-order valence-corrected chi connectivity index (χ2v) is 4.52. The molecule has 7 heteroatoms. The fourth-order valence-corrected chi connectivity index (χ4v) is 1.69. The quantitative estimate of drug-likeness (QED) is 0.440. The number of carbonyl (C=O) groups is 1. The molecule has 6 nitrogen and oxygen atoms in total. The van der Waals surface area contributed by atoms with Gasteiger partial charge in [0.25, 0.3) is 5.91 Å². The molecule has 21 heavy (non-hydrogen) atoms. The zero-order valence-corrected chi connectivity index (χ0v) is 12.0. The Morgan fingerprint density at radius 3 is 2.71 bits per heavy atom. The van der Waals surface area contributed by atoms with Gasteiger partial charge in [0.2, 0.25) is 5.75 Å². The summed E-state index contributed by atoms with van der Waals surface area (Å²) in [5.74, 6) is -1.28. The van der Waals surface area contributed by atoms with Crippen molar-refractivity contribution in [3.63, 3.8) is 0 Å². The number of nitro groups is 1. The molecule has 0 heterocycles. The Kier molecular flexibility index (Phi) is 5.83. The molecule has 0 N–H and O–H groups in total. The maximum Gasteiger partial charge on any atom is 0.311 e. The molecule has 0 bridgehead atoms. The van der Waals surface area contributed by atoms with E-state index < -0.39 is 17.3 Å². The third-order valence-corrected chi connectivity index (χ3v) is 2.66. The fourth-order valence-electron chi connectivity index (χ4n) is 1.69. The summed E-state index contributed by atoms with van der Waals surface area (Å²) in [5.41, 5.74) is 0.425. The van der Waals surface area contributed by atoms with Crippen LogP contribution in [-0.4, -0.2) is 35.4 Å². The molecule has 0 fully saturated rings. The molecule has 0 aliphatic heterocycles. The van der Waals surface area contributed by atoms with Gasteiger partial charge in [-0.15, -0.1) is 0 Å². The van der Waals surface area contributed by atoms with Crippen LogP contribution in [0.25, 0.3) is 0 Å². The van der Waals surface area contributed by atoms with E-state index in [4.69, 9.17) is 4.74 Å². The number of rotatable bonds is 7. The predicted molar refractivity (Wildman–Crippen MR) is 75.6 cm³/mol. The van der Waals surface area contributed by atoms with Crippen LogP contribution in [0.5, 0.6) is 5.75 Å². The van der Waals surface area contributed by atoms with E-state index in [-0.39, 0.29) is 17.3 Å². The van der Waals surface area contributed by atoms with E-state index in [9.17, 15) is 19.3 Å². The first-order valence-electron chi connectivity index (χ1n) is 6.34. The minimum absolute atomic E-state index is 0.264. The zero-order chi connectivity index (χ0) is 16.0. The normalized spacial score (nSPS) is 10.0. The smallest absolute Gasteiger partial charge is 0.311 e. The van der Waals surface area contributed by atoms with Crippen LogP contribution in [0, 0.1) is 15.9 Å². The van der Waals surface area contributed by atoms with Gasteiger partial charge < -0.3 is 9.64 Å². The molecule has 0 atom stereocenters. The fraction of sp³-hybridized carbons (Fsp3) is 0.357. The summed E-state index contributed by atoms with van der Waals surface area (Å²) in [6.07, 6.45) is 0. The standard InChI is InChI=1S/C14H17FN2O4/c1-4-16(8-10(2)3)14(18)9-21-13-7-11(15)5-6-12(13)17(19)20/h5-7H,2,4,8-9H2,1,3H3. The summed E-state index contributed by atoms with van der Waals surface area (Å²) < 4.78 is 18.2. The molecular weight excluding hydrogens is 279 g/mol. The van der Waals surface area contributed by atoms with Crippen LogP contribution < -0.4 is 4.74 Å². The third-order valence-electron chi connectivity index (χ3n) is 2.66. The lowest BCUT2D eigenvalue weighted by atomic mass is 10.3. The lowest BCUT2D eigenvalue weighted by Crippen LogP contribution is -2.35. The van der Waals surface area contributed by atoms with Crippen molar-refractivity contribution in [2.45, 2.75) is 13.8 Å². The SMILES string of the molecule is C=C(C)CN(CC)C(=O)COc1cc(F)ccc1[N+](=O)[O-]. The van der Waals surface area contributed by atoms with E-state index in [0.29, 0.717) is 13.1 Å². The van der Waals surface area contributed by atoms with Crippen LogP contribution in [0.4, 0.5) is 10.1 Å². The Labute approximate surface area is 122 Å². The first-order valence-corrected chi connectivity index (χ1v) is 6.34. The highest BCUT2D eigenvalue weighted by molar-refractivity contribution is 5.78. The summed E-state index contributed by atoms with van der Waals surface area (Å²) in [4.78, 5) is 23.6. The summed E-state index contributed by atoms with van der Waals surface area (Å²) >= 11 is 0. The summed E-state index contributed by atoms with van der Waals surface area (Å²) in [6.45, 7) is 7.74. The predicted octanol–water partition coefficient (Wildman–Crippen LogP) is 2.54. The van der Waals surface area contributed by atoms with Gasteiger partial charge in [-0.25, -0.2) is 4.39 Å².